The molecule has 0 aliphatic heterocycles. The van der Waals surface area contributed by atoms with Crippen LogP contribution in [0.4, 0.5) is 17.1 Å². The minimum absolute atomic E-state index is 0. The summed E-state index contributed by atoms with van der Waals surface area (Å²) < 4.78 is 43.3. The van der Waals surface area contributed by atoms with Crippen molar-refractivity contribution in [3.05, 3.63) is 48.7 Å². The minimum atomic E-state index is -4.46. The molecule has 148 valence electrons. The van der Waals surface area contributed by atoms with Crippen LogP contribution in [-0.4, -0.2) is 67.8 Å². The Morgan fingerprint density at radius 1 is 1.10 bits per heavy atom. The fourth-order valence-corrected chi connectivity index (χ4v) is 3.22. The molecule has 1 heterocycles. The predicted octanol–water partition coefficient (Wildman–Crippen LogP) is 2.86. The number of anilines is 1. The number of nitrogens with zero attached hydrogens (tertiary/aromatic N) is 3. The number of ether oxygens (including phenoxy) is 2. The molecule has 3 rings (SSSR count). The molecule has 0 amide bonds. The summed E-state index contributed by atoms with van der Waals surface area (Å²) in [7, 11) is -2.89. The molecule has 0 radical (unpaired) electrons. The fraction of sp³-hybridized carbons (Fsp3) is 0.167. The van der Waals surface area contributed by atoms with E-state index in [1.165, 1.54) is 12.3 Å². The summed E-state index contributed by atoms with van der Waals surface area (Å²) in [4.78, 5) is 3.81. The van der Waals surface area contributed by atoms with Crippen LogP contribution in [0.5, 0.6) is 5.88 Å². The molecule has 0 aliphatic carbocycles. The van der Waals surface area contributed by atoms with Gasteiger partial charge in [0, 0.05) is 23.9 Å². The number of azo groups is 1. The molecular formula is C18H19N4NaO5S. The van der Waals surface area contributed by atoms with Crippen LogP contribution in [0.3, 0.4) is 0 Å². The number of rotatable bonds is 7. The zero-order valence-corrected chi connectivity index (χ0v) is 15.8. The van der Waals surface area contributed by atoms with E-state index >= 15 is 0 Å². The second kappa shape index (κ2) is 10.1. The molecular weight excluding hydrogens is 407 g/mol. The molecule has 3 aromatic rings. The number of pyridine rings is 1. The Balaban J connectivity index is 0.00000300. The van der Waals surface area contributed by atoms with Gasteiger partial charge >= 0.3 is 29.6 Å². The first kappa shape index (κ1) is 23.2. The zero-order chi connectivity index (χ0) is 20.1. The van der Waals surface area contributed by atoms with E-state index < -0.39 is 10.1 Å². The Hall–Kier alpha value is -2.08. The third-order valence-electron chi connectivity index (χ3n) is 3.84. The van der Waals surface area contributed by atoms with Gasteiger partial charge < -0.3 is 15.2 Å². The van der Waals surface area contributed by atoms with Crippen LogP contribution in [0.25, 0.3) is 10.8 Å². The molecule has 29 heavy (non-hydrogen) atoms. The van der Waals surface area contributed by atoms with E-state index in [-0.39, 0.29) is 45.8 Å². The van der Waals surface area contributed by atoms with Gasteiger partial charge in [-0.2, -0.15) is 8.42 Å². The molecule has 0 atom stereocenters. The van der Waals surface area contributed by atoms with Crippen molar-refractivity contribution in [1.29, 1.82) is 0 Å². The van der Waals surface area contributed by atoms with Gasteiger partial charge in [-0.25, -0.2) is 4.98 Å². The Bertz CT molecular complexity index is 1120. The van der Waals surface area contributed by atoms with Gasteiger partial charge in [0.25, 0.3) is 10.1 Å². The molecule has 0 aliphatic rings. The molecule has 0 spiro atoms. The predicted molar refractivity (Wildman–Crippen MR) is 111 cm³/mol. The molecule has 0 saturated heterocycles. The van der Waals surface area contributed by atoms with E-state index in [1.54, 1.807) is 43.5 Å². The first-order valence-corrected chi connectivity index (χ1v) is 9.62. The number of aromatic nitrogens is 1. The summed E-state index contributed by atoms with van der Waals surface area (Å²) in [5.74, 6) is 0.412. The van der Waals surface area contributed by atoms with Crippen LogP contribution in [-0.2, 0) is 14.9 Å². The number of nitrogen functional groups attached to an aromatic ring is 1. The second-order valence-electron chi connectivity index (χ2n) is 5.72. The van der Waals surface area contributed by atoms with E-state index in [0.717, 1.165) is 0 Å². The van der Waals surface area contributed by atoms with E-state index in [0.29, 0.717) is 35.6 Å². The Morgan fingerprint density at radius 2 is 1.83 bits per heavy atom. The molecule has 11 heteroatoms. The van der Waals surface area contributed by atoms with E-state index in [9.17, 15) is 13.0 Å². The van der Waals surface area contributed by atoms with Crippen molar-refractivity contribution in [2.75, 3.05) is 26.1 Å². The average Bonchev–Trinajstić information content (AvgIpc) is 2.68. The number of hydrogen-bond donors (Lipinski definition) is 2. The van der Waals surface area contributed by atoms with Gasteiger partial charge in [-0.1, -0.05) is 24.3 Å². The van der Waals surface area contributed by atoms with Gasteiger partial charge in [0.05, 0.1) is 18.5 Å². The van der Waals surface area contributed by atoms with Crippen molar-refractivity contribution in [3.63, 3.8) is 0 Å². The van der Waals surface area contributed by atoms with Gasteiger partial charge in [0.2, 0.25) is 5.88 Å². The van der Waals surface area contributed by atoms with Crippen LogP contribution in [0.15, 0.2) is 63.8 Å². The molecule has 1 aromatic heterocycles. The third-order valence-corrected chi connectivity index (χ3v) is 4.73. The van der Waals surface area contributed by atoms with E-state index in [4.69, 9.17) is 15.2 Å². The van der Waals surface area contributed by atoms with E-state index in [2.05, 4.69) is 15.2 Å². The van der Waals surface area contributed by atoms with Crippen LogP contribution >= 0.6 is 0 Å². The average molecular weight is 426 g/mol. The first-order chi connectivity index (χ1) is 13.4. The normalized spacial score (nSPS) is 11.5. The topological polar surface area (TPSA) is 136 Å². The molecule has 0 fully saturated rings. The van der Waals surface area contributed by atoms with Gasteiger partial charge in [0.15, 0.2) is 0 Å². The van der Waals surface area contributed by atoms with Crippen molar-refractivity contribution in [2.24, 2.45) is 10.2 Å². The van der Waals surface area contributed by atoms with Gasteiger partial charge in [-0.15, -0.1) is 10.2 Å². The molecule has 0 bridgehead atoms. The Labute approximate surface area is 190 Å². The van der Waals surface area contributed by atoms with Crippen LogP contribution in [0, 0.1) is 0 Å². The van der Waals surface area contributed by atoms with Crippen molar-refractivity contribution >= 4 is 67.5 Å². The fourth-order valence-electron chi connectivity index (χ4n) is 2.50. The maximum atomic E-state index is 11.7. The summed E-state index contributed by atoms with van der Waals surface area (Å²) in [6, 6.07) is 11.0. The van der Waals surface area contributed by atoms with Crippen molar-refractivity contribution in [1.82, 2.24) is 4.98 Å². The first-order valence-electron chi connectivity index (χ1n) is 8.18. The van der Waals surface area contributed by atoms with Crippen LogP contribution < -0.4 is 10.5 Å². The number of benzene rings is 2. The van der Waals surface area contributed by atoms with Crippen molar-refractivity contribution in [2.45, 2.75) is 4.90 Å². The summed E-state index contributed by atoms with van der Waals surface area (Å²) in [5.41, 5.74) is 6.89. The van der Waals surface area contributed by atoms with Gasteiger partial charge in [0.1, 0.15) is 22.9 Å². The standard InChI is InChI=1S/C18H18N4O5S.Na.H/c1-26-8-9-27-17-7-6-12(11-20-17)21-22-15-10-16(28(23,24)25)13-4-2-3-5-14(13)18(15)19;;/h2-7,10-11H,8-9,19H2,1H3,(H,23,24,25);;. The third kappa shape index (κ3) is 5.72. The summed E-state index contributed by atoms with van der Waals surface area (Å²) in [6.07, 6.45) is 1.45. The van der Waals surface area contributed by atoms with Crippen LogP contribution in [0.1, 0.15) is 0 Å². The molecule has 0 unspecified atom stereocenters. The molecule has 9 nitrogen and oxygen atoms in total. The summed E-state index contributed by atoms with van der Waals surface area (Å²) in [5, 5.41) is 8.82. The van der Waals surface area contributed by atoms with Gasteiger partial charge in [-0.3, -0.25) is 4.55 Å². The Morgan fingerprint density at radius 3 is 2.45 bits per heavy atom. The number of fused-ring (bicyclic) bond motifs is 1. The number of methoxy groups -OCH3 is 1. The monoisotopic (exact) mass is 426 g/mol. The summed E-state index contributed by atoms with van der Waals surface area (Å²) in [6.45, 7) is 0.816. The zero-order valence-electron chi connectivity index (χ0n) is 14.9. The SMILES string of the molecule is COCCOc1ccc(N=Nc2cc(S(=O)(=O)O)c3ccccc3c2N)cn1.[NaH]. The number of hydrogen-bond acceptors (Lipinski definition) is 8. The van der Waals surface area contributed by atoms with Crippen molar-refractivity contribution < 1.29 is 22.4 Å². The maximum absolute atomic E-state index is 11.7. The Kier molecular flexibility index (Phi) is 8.08. The van der Waals surface area contributed by atoms with E-state index in [1.807, 2.05) is 0 Å². The second-order valence-corrected chi connectivity index (χ2v) is 7.11. The quantitative estimate of drug-likeness (QED) is 0.195. The van der Waals surface area contributed by atoms with Gasteiger partial charge in [-0.05, 0) is 12.1 Å². The molecule has 2 aromatic carbocycles. The van der Waals surface area contributed by atoms with Crippen molar-refractivity contribution in [3.8, 4) is 5.88 Å². The van der Waals surface area contributed by atoms with Crippen LogP contribution in [0.2, 0.25) is 0 Å². The molecule has 0 saturated carbocycles. The number of nitrogens with two attached hydrogens (primary N) is 1. The summed E-state index contributed by atoms with van der Waals surface area (Å²) >= 11 is 0. The molecule has 3 N–H and O–H groups in total.